The van der Waals surface area contributed by atoms with Gasteiger partial charge in [0.2, 0.25) is 0 Å². The van der Waals surface area contributed by atoms with Crippen molar-refractivity contribution in [3.8, 4) is 0 Å². The molecule has 108 valence electrons. The van der Waals surface area contributed by atoms with E-state index >= 15 is 0 Å². The SMILES string of the molecule is CCNCc1cn[nH]c1S(=O)(=O)NCc1ccccc1. The van der Waals surface area contributed by atoms with Crippen LogP contribution >= 0.6 is 0 Å². The number of sulfonamides is 1. The Morgan fingerprint density at radius 2 is 1.95 bits per heavy atom. The Balaban J connectivity index is 2.08. The van der Waals surface area contributed by atoms with Crippen LogP contribution in [0.3, 0.4) is 0 Å². The third-order valence-electron chi connectivity index (χ3n) is 2.82. The third-order valence-corrected chi connectivity index (χ3v) is 4.24. The van der Waals surface area contributed by atoms with E-state index in [0.717, 1.165) is 12.1 Å². The summed E-state index contributed by atoms with van der Waals surface area (Å²) in [6, 6.07) is 9.37. The molecule has 1 heterocycles. The summed E-state index contributed by atoms with van der Waals surface area (Å²) in [6.45, 7) is 3.45. The molecular weight excluding hydrogens is 276 g/mol. The van der Waals surface area contributed by atoms with Gasteiger partial charge in [-0.1, -0.05) is 37.3 Å². The van der Waals surface area contributed by atoms with Gasteiger partial charge in [0, 0.05) is 18.7 Å². The lowest BCUT2D eigenvalue weighted by atomic mass is 10.2. The van der Waals surface area contributed by atoms with Gasteiger partial charge in [0.15, 0.2) is 5.03 Å². The van der Waals surface area contributed by atoms with Gasteiger partial charge in [-0.25, -0.2) is 13.1 Å². The number of hydrogen-bond donors (Lipinski definition) is 3. The Kier molecular flexibility index (Phi) is 4.89. The molecule has 0 fully saturated rings. The van der Waals surface area contributed by atoms with Crippen LogP contribution in [0.4, 0.5) is 0 Å². The number of aromatic nitrogens is 2. The summed E-state index contributed by atoms with van der Waals surface area (Å²) in [6.07, 6.45) is 1.53. The molecule has 7 heteroatoms. The molecule has 3 N–H and O–H groups in total. The fraction of sp³-hybridized carbons (Fsp3) is 0.308. The van der Waals surface area contributed by atoms with E-state index in [2.05, 4.69) is 20.2 Å². The topological polar surface area (TPSA) is 86.9 Å². The molecular formula is C13H18N4O2S. The highest BCUT2D eigenvalue weighted by molar-refractivity contribution is 7.89. The summed E-state index contributed by atoms with van der Waals surface area (Å²) in [7, 11) is -3.58. The highest BCUT2D eigenvalue weighted by Crippen LogP contribution is 2.12. The van der Waals surface area contributed by atoms with Gasteiger partial charge in [-0.05, 0) is 12.1 Å². The summed E-state index contributed by atoms with van der Waals surface area (Å²) in [5.41, 5.74) is 1.54. The van der Waals surface area contributed by atoms with Crippen molar-refractivity contribution in [1.29, 1.82) is 0 Å². The zero-order valence-corrected chi connectivity index (χ0v) is 12.1. The Morgan fingerprint density at radius 1 is 1.20 bits per heavy atom. The molecule has 2 rings (SSSR count). The minimum absolute atomic E-state index is 0.120. The van der Waals surface area contributed by atoms with Gasteiger partial charge in [-0.2, -0.15) is 5.10 Å². The van der Waals surface area contributed by atoms with Crippen LogP contribution in [0.5, 0.6) is 0 Å². The Labute approximate surface area is 118 Å². The van der Waals surface area contributed by atoms with E-state index in [1.165, 1.54) is 6.20 Å². The predicted molar refractivity (Wildman–Crippen MR) is 76.4 cm³/mol. The number of H-pyrrole nitrogens is 1. The Morgan fingerprint density at radius 3 is 2.65 bits per heavy atom. The second-order valence-corrected chi connectivity index (χ2v) is 6.02. The van der Waals surface area contributed by atoms with E-state index in [9.17, 15) is 8.42 Å². The first-order chi connectivity index (χ1) is 9.63. The van der Waals surface area contributed by atoms with Gasteiger partial charge in [-0.3, -0.25) is 5.10 Å². The lowest BCUT2D eigenvalue weighted by Gasteiger charge is -2.07. The molecule has 0 radical (unpaired) electrons. The quantitative estimate of drug-likeness (QED) is 0.711. The summed E-state index contributed by atoms with van der Waals surface area (Å²) >= 11 is 0. The standard InChI is InChI=1S/C13H18N4O2S/c1-2-14-9-12-10-15-17-13(12)20(18,19)16-8-11-6-4-3-5-7-11/h3-7,10,14,16H,2,8-9H2,1H3,(H,15,17). The summed E-state index contributed by atoms with van der Waals surface area (Å²) in [4.78, 5) is 0. The number of aromatic amines is 1. The van der Waals surface area contributed by atoms with E-state index in [4.69, 9.17) is 0 Å². The fourth-order valence-corrected chi connectivity index (χ4v) is 2.91. The van der Waals surface area contributed by atoms with Crippen molar-refractivity contribution in [2.24, 2.45) is 0 Å². The molecule has 2 aromatic rings. The first-order valence-electron chi connectivity index (χ1n) is 6.40. The van der Waals surface area contributed by atoms with E-state index in [1.807, 2.05) is 37.3 Å². The zero-order chi connectivity index (χ0) is 14.4. The Bertz CT molecular complexity index is 637. The van der Waals surface area contributed by atoms with Crippen molar-refractivity contribution in [2.75, 3.05) is 6.54 Å². The maximum atomic E-state index is 12.2. The van der Waals surface area contributed by atoms with Gasteiger partial charge in [0.05, 0.1) is 6.20 Å². The van der Waals surface area contributed by atoms with E-state index in [0.29, 0.717) is 12.1 Å². The first-order valence-corrected chi connectivity index (χ1v) is 7.88. The van der Waals surface area contributed by atoms with Crippen LogP contribution in [0.25, 0.3) is 0 Å². The predicted octanol–water partition coefficient (Wildman–Crippen LogP) is 0.998. The van der Waals surface area contributed by atoms with Crippen LogP contribution in [-0.4, -0.2) is 25.2 Å². The fourth-order valence-electron chi connectivity index (χ4n) is 1.76. The molecule has 1 aromatic carbocycles. The van der Waals surface area contributed by atoms with Crippen molar-refractivity contribution in [1.82, 2.24) is 20.2 Å². The molecule has 6 nitrogen and oxygen atoms in total. The van der Waals surface area contributed by atoms with Gasteiger partial charge < -0.3 is 5.32 Å². The van der Waals surface area contributed by atoms with E-state index in [-0.39, 0.29) is 11.6 Å². The van der Waals surface area contributed by atoms with Gasteiger partial charge in [-0.15, -0.1) is 0 Å². The minimum atomic E-state index is -3.58. The molecule has 1 aromatic heterocycles. The van der Waals surface area contributed by atoms with E-state index in [1.54, 1.807) is 0 Å². The molecule has 0 atom stereocenters. The van der Waals surface area contributed by atoms with Gasteiger partial charge in [0.1, 0.15) is 0 Å². The number of nitrogens with zero attached hydrogens (tertiary/aromatic N) is 1. The molecule has 20 heavy (non-hydrogen) atoms. The first kappa shape index (κ1) is 14.7. The highest BCUT2D eigenvalue weighted by atomic mass is 32.2. The number of benzene rings is 1. The molecule has 0 amide bonds. The molecule has 0 spiro atoms. The average Bonchev–Trinajstić information content (AvgIpc) is 2.93. The van der Waals surface area contributed by atoms with Crippen LogP contribution in [0, 0.1) is 0 Å². The van der Waals surface area contributed by atoms with Crippen LogP contribution < -0.4 is 10.0 Å². The normalized spacial score (nSPS) is 11.7. The number of rotatable bonds is 7. The van der Waals surface area contributed by atoms with Crippen molar-refractivity contribution in [3.63, 3.8) is 0 Å². The number of hydrogen-bond acceptors (Lipinski definition) is 4. The van der Waals surface area contributed by atoms with Crippen LogP contribution in [0.2, 0.25) is 0 Å². The third kappa shape index (κ3) is 3.66. The zero-order valence-electron chi connectivity index (χ0n) is 11.3. The molecule has 0 unspecified atom stereocenters. The lowest BCUT2D eigenvalue weighted by molar-refractivity contribution is 0.574. The second-order valence-electron chi connectivity index (χ2n) is 4.31. The smallest absolute Gasteiger partial charge is 0.258 e. The average molecular weight is 294 g/mol. The molecule has 0 aliphatic heterocycles. The van der Waals surface area contributed by atoms with Crippen molar-refractivity contribution in [2.45, 2.75) is 25.0 Å². The molecule has 0 aliphatic carbocycles. The molecule has 0 bridgehead atoms. The lowest BCUT2D eigenvalue weighted by Crippen LogP contribution is -2.25. The molecule has 0 saturated carbocycles. The monoisotopic (exact) mass is 294 g/mol. The Hall–Kier alpha value is -1.70. The summed E-state index contributed by atoms with van der Waals surface area (Å²) in [5.74, 6) is 0. The van der Waals surface area contributed by atoms with Crippen molar-refractivity contribution >= 4 is 10.0 Å². The van der Waals surface area contributed by atoms with Crippen molar-refractivity contribution < 1.29 is 8.42 Å². The maximum Gasteiger partial charge on any atom is 0.258 e. The molecule has 0 saturated heterocycles. The van der Waals surface area contributed by atoms with Crippen LogP contribution in [0.1, 0.15) is 18.1 Å². The van der Waals surface area contributed by atoms with Gasteiger partial charge >= 0.3 is 0 Å². The van der Waals surface area contributed by atoms with Crippen LogP contribution in [-0.2, 0) is 23.1 Å². The second kappa shape index (κ2) is 6.65. The molecule has 0 aliphatic rings. The van der Waals surface area contributed by atoms with Crippen LogP contribution in [0.15, 0.2) is 41.6 Å². The highest BCUT2D eigenvalue weighted by Gasteiger charge is 2.20. The van der Waals surface area contributed by atoms with Crippen molar-refractivity contribution in [3.05, 3.63) is 47.7 Å². The maximum absolute atomic E-state index is 12.2. The van der Waals surface area contributed by atoms with Gasteiger partial charge in [0.25, 0.3) is 10.0 Å². The summed E-state index contributed by atoms with van der Waals surface area (Å²) in [5, 5.41) is 9.57. The minimum Gasteiger partial charge on any atom is -0.313 e. The summed E-state index contributed by atoms with van der Waals surface area (Å²) < 4.78 is 27.0. The number of nitrogens with one attached hydrogen (secondary N) is 3. The van der Waals surface area contributed by atoms with E-state index < -0.39 is 10.0 Å². The largest absolute Gasteiger partial charge is 0.313 e.